The average molecular weight is 366 g/mol. The van der Waals surface area contributed by atoms with Crippen LogP contribution in [-0.2, 0) is 10.0 Å². The van der Waals surface area contributed by atoms with Crippen molar-refractivity contribution in [3.8, 4) is 0 Å². The number of benzene rings is 1. The molecule has 1 saturated heterocycles. The Morgan fingerprint density at radius 3 is 1.88 bits per heavy atom. The summed E-state index contributed by atoms with van der Waals surface area (Å²) in [5, 5.41) is 0. The van der Waals surface area contributed by atoms with E-state index in [-0.39, 0.29) is 11.8 Å². The van der Waals surface area contributed by atoms with Crippen molar-refractivity contribution < 1.29 is 8.42 Å². The molecule has 1 aliphatic rings. The number of piperidine rings is 1. The number of hydrogen-bond acceptors (Lipinski definition) is 2. The Hall–Kier alpha value is -0.870. The quantitative estimate of drug-likeness (QED) is 0.693. The van der Waals surface area contributed by atoms with Crippen molar-refractivity contribution in [3.05, 3.63) is 28.8 Å². The Morgan fingerprint density at radius 1 is 0.960 bits per heavy atom. The molecule has 0 radical (unpaired) electrons. The number of nitrogens with zero attached hydrogens (tertiary/aromatic N) is 1. The topological polar surface area (TPSA) is 37.4 Å². The summed E-state index contributed by atoms with van der Waals surface area (Å²) in [6, 6.07) is 4.25. The highest BCUT2D eigenvalue weighted by Crippen LogP contribution is 2.37. The molecule has 0 aliphatic carbocycles. The van der Waals surface area contributed by atoms with Gasteiger partial charge in [0.2, 0.25) is 10.0 Å². The summed E-state index contributed by atoms with van der Waals surface area (Å²) in [5.41, 5.74) is 3.19. The molecule has 1 atom stereocenters. The molecule has 1 fully saturated rings. The van der Waals surface area contributed by atoms with Crippen molar-refractivity contribution in [2.24, 2.45) is 5.92 Å². The van der Waals surface area contributed by atoms with E-state index in [4.69, 9.17) is 0 Å². The molecule has 0 saturated carbocycles. The predicted octanol–water partition coefficient (Wildman–Crippen LogP) is 5.48. The third-order valence-corrected chi connectivity index (χ3v) is 7.30. The van der Waals surface area contributed by atoms with Crippen LogP contribution in [0.5, 0.6) is 0 Å². The highest BCUT2D eigenvalue weighted by Gasteiger charge is 2.34. The van der Waals surface area contributed by atoms with Crippen molar-refractivity contribution in [1.82, 2.24) is 4.31 Å². The molecule has 1 aromatic rings. The molecule has 0 amide bonds. The van der Waals surface area contributed by atoms with Crippen molar-refractivity contribution >= 4 is 10.0 Å². The molecule has 0 N–H and O–H groups in total. The predicted molar refractivity (Wildman–Crippen MR) is 106 cm³/mol. The van der Waals surface area contributed by atoms with Crippen LogP contribution in [0.25, 0.3) is 0 Å². The van der Waals surface area contributed by atoms with Gasteiger partial charge in [0.05, 0.1) is 4.90 Å². The summed E-state index contributed by atoms with van der Waals surface area (Å²) in [6.07, 6.45) is 2.07. The van der Waals surface area contributed by atoms with E-state index in [1.54, 1.807) is 4.31 Å². The molecule has 1 aliphatic heterocycles. The van der Waals surface area contributed by atoms with Gasteiger partial charge in [0.15, 0.2) is 0 Å². The van der Waals surface area contributed by atoms with Crippen molar-refractivity contribution in [1.29, 1.82) is 0 Å². The zero-order chi connectivity index (χ0) is 18.9. The third-order valence-electron chi connectivity index (χ3n) is 5.30. The van der Waals surface area contributed by atoms with Crippen LogP contribution in [0.15, 0.2) is 17.0 Å². The smallest absolute Gasteiger partial charge is 0.207 e. The lowest BCUT2D eigenvalue weighted by atomic mass is 9.89. The zero-order valence-corrected chi connectivity index (χ0v) is 17.8. The van der Waals surface area contributed by atoms with E-state index >= 15 is 0 Å². The van der Waals surface area contributed by atoms with Gasteiger partial charge in [-0.3, -0.25) is 0 Å². The monoisotopic (exact) mass is 365 g/mol. The molecular formula is C21H35NO2S. The number of hydrogen-bond donors (Lipinski definition) is 0. The van der Waals surface area contributed by atoms with E-state index in [1.165, 1.54) is 5.56 Å². The Labute approximate surface area is 154 Å². The SMILES string of the molecule is CC1CCCN(S(=O)(=O)c2c(C(C)C)cc(C(C)C)cc2C(C)C)C1. The van der Waals surface area contributed by atoms with Gasteiger partial charge in [-0.15, -0.1) is 0 Å². The van der Waals surface area contributed by atoms with Crippen LogP contribution < -0.4 is 0 Å². The summed E-state index contributed by atoms with van der Waals surface area (Å²) >= 11 is 0. The molecule has 1 heterocycles. The van der Waals surface area contributed by atoms with Gasteiger partial charge >= 0.3 is 0 Å². The molecule has 0 aromatic heterocycles. The second kappa shape index (κ2) is 7.79. The Kier molecular flexibility index (Phi) is 6.37. The van der Waals surface area contributed by atoms with Crippen LogP contribution in [0, 0.1) is 5.92 Å². The molecule has 1 unspecified atom stereocenters. The van der Waals surface area contributed by atoms with E-state index < -0.39 is 10.0 Å². The fourth-order valence-electron chi connectivity index (χ4n) is 3.68. The third kappa shape index (κ3) is 4.28. The van der Waals surface area contributed by atoms with E-state index in [9.17, 15) is 8.42 Å². The minimum absolute atomic E-state index is 0.184. The van der Waals surface area contributed by atoms with Crippen molar-refractivity contribution in [2.75, 3.05) is 13.1 Å². The Morgan fingerprint density at radius 2 is 1.48 bits per heavy atom. The van der Waals surface area contributed by atoms with Gasteiger partial charge in [-0.2, -0.15) is 4.31 Å². The van der Waals surface area contributed by atoms with Gasteiger partial charge in [-0.05, 0) is 53.2 Å². The summed E-state index contributed by atoms with van der Waals surface area (Å²) in [5.74, 6) is 1.19. The number of rotatable bonds is 5. The van der Waals surface area contributed by atoms with Crippen LogP contribution in [-0.4, -0.2) is 25.8 Å². The van der Waals surface area contributed by atoms with Crippen LogP contribution >= 0.6 is 0 Å². The standard InChI is InChI=1S/C21H35NO2S/c1-14(2)18-11-19(15(3)4)21(20(12-18)16(5)6)25(23,24)22-10-8-9-17(7)13-22/h11-12,14-17H,8-10,13H2,1-7H3. The maximum Gasteiger partial charge on any atom is 0.243 e. The second-order valence-electron chi connectivity index (χ2n) is 8.60. The molecule has 1 aromatic carbocycles. The van der Waals surface area contributed by atoms with Crippen molar-refractivity contribution in [3.63, 3.8) is 0 Å². The Bertz CT molecular complexity index is 676. The second-order valence-corrected chi connectivity index (χ2v) is 10.5. The van der Waals surface area contributed by atoms with Gasteiger partial charge in [0.1, 0.15) is 0 Å². The molecule has 0 spiro atoms. The Balaban J connectivity index is 2.69. The van der Waals surface area contributed by atoms with Gasteiger partial charge in [0.25, 0.3) is 0 Å². The van der Waals surface area contributed by atoms with E-state index in [2.05, 4.69) is 60.6 Å². The van der Waals surface area contributed by atoms with Crippen LogP contribution in [0.3, 0.4) is 0 Å². The van der Waals surface area contributed by atoms with Crippen LogP contribution in [0.4, 0.5) is 0 Å². The van der Waals surface area contributed by atoms with Crippen LogP contribution in [0.1, 0.15) is 95.8 Å². The first kappa shape index (κ1) is 20.4. The maximum absolute atomic E-state index is 13.6. The first-order chi connectivity index (χ1) is 11.6. The minimum Gasteiger partial charge on any atom is -0.207 e. The van der Waals surface area contributed by atoms with Gasteiger partial charge < -0.3 is 0 Å². The molecule has 0 bridgehead atoms. The lowest BCUT2D eigenvalue weighted by Gasteiger charge is -2.32. The number of sulfonamides is 1. The molecule has 2 rings (SSSR count). The molecule has 4 heteroatoms. The van der Waals surface area contributed by atoms with Gasteiger partial charge in [0, 0.05) is 13.1 Å². The largest absolute Gasteiger partial charge is 0.243 e. The first-order valence-corrected chi connectivity index (χ1v) is 11.2. The molecule has 3 nitrogen and oxygen atoms in total. The summed E-state index contributed by atoms with van der Waals surface area (Å²) in [4.78, 5) is 0.580. The fraction of sp³-hybridized carbons (Fsp3) is 0.714. The normalized spacial score (nSPS) is 20.0. The van der Waals surface area contributed by atoms with E-state index in [0.29, 0.717) is 29.8 Å². The lowest BCUT2D eigenvalue weighted by molar-refractivity contribution is 0.281. The summed E-state index contributed by atoms with van der Waals surface area (Å²) < 4.78 is 28.9. The summed E-state index contributed by atoms with van der Waals surface area (Å²) in [6.45, 7) is 16.2. The maximum atomic E-state index is 13.6. The summed E-state index contributed by atoms with van der Waals surface area (Å²) in [7, 11) is -3.46. The first-order valence-electron chi connectivity index (χ1n) is 9.73. The lowest BCUT2D eigenvalue weighted by Crippen LogP contribution is -2.40. The average Bonchev–Trinajstić information content (AvgIpc) is 2.53. The zero-order valence-electron chi connectivity index (χ0n) is 17.0. The fourth-order valence-corrected chi connectivity index (χ4v) is 5.94. The van der Waals surface area contributed by atoms with Gasteiger partial charge in [-0.1, -0.05) is 60.6 Å². The minimum atomic E-state index is -3.46. The molecule has 142 valence electrons. The van der Waals surface area contributed by atoms with E-state index in [0.717, 1.165) is 24.0 Å². The van der Waals surface area contributed by atoms with Crippen LogP contribution in [0.2, 0.25) is 0 Å². The van der Waals surface area contributed by atoms with Gasteiger partial charge in [-0.25, -0.2) is 8.42 Å². The molecular weight excluding hydrogens is 330 g/mol. The highest BCUT2D eigenvalue weighted by atomic mass is 32.2. The van der Waals surface area contributed by atoms with E-state index in [1.807, 2.05) is 0 Å². The highest BCUT2D eigenvalue weighted by molar-refractivity contribution is 7.89. The molecule has 25 heavy (non-hydrogen) atoms. The van der Waals surface area contributed by atoms with Crippen molar-refractivity contribution in [2.45, 2.75) is 84.0 Å².